The number of sulfone groups is 1. The van der Waals surface area contributed by atoms with Gasteiger partial charge in [-0.15, -0.1) is 0 Å². The topological polar surface area (TPSA) is 70.4 Å². The van der Waals surface area contributed by atoms with Gasteiger partial charge in [0.05, 0.1) is 4.75 Å². The van der Waals surface area contributed by atoms with Crippen molar-refractivity contribution in [1.29, 1.82) is 0 Å². The number of fused-ring (bicyclic) bond motifs is 1. The van der Waals surface area contributed by atoms with E-state index < -0.39 is 14.6 Å². The largest absolute Gasteiger partial charge is 0.459 e. The van der Waals surface area contributed by atoms with Gasteiger partial charge in [-0.1, -0.05) is 43.1 Å². The van der Waals surface area contributed by atoms with Crippen LogP contribution in [-0.2, 0) is 19.3 Å². The van der Waals surface area contributed by atoms with Crippen LogP contribution in [0.5, 0.6) is 0 Å². The summed E-state index contributed by atoms with van der Waals surface area (Å²) in [6, 6.07) is 5.83. The van der Waals surface area contributed by atoms with Crippen molar-refractivity contribution in [2.75, 3.05) is 0 Å². The van der Waals surface area contributed by atoms with Gasteiger partial charge in [-0.3, -0.25) is 0 Å². The van der Waals surface area contributed by atoms with E-state index in [0.29, 0.717) is 24.3 Å². The zero-order valence-corrected chi connectivity index (χ0v) is 19.3. The molecule has 1 fully saturated rings. The Morgan fingerprint density at radius 3 is 2.75 bits per heavy atom. The van der Waals surface area contributed by atoms with Crippen molar-refractivity contribution in [2.24, 2.45) is 0 Å². The minimum atomic E-state index is -3.65. The standard InChI is InChI=1S/C25H30N2O4S/c1-25(13-5-7-19(18-25)11-12-23-30-15-16-31-23)32(28,29)22-17-20-8-6-14-26-24(20)27(22)21-9-3-2-4-10-21/h5-8,14-18,21,23H,2-4,9-13H2,1H3. The molecule has 6 nitrogen and oxygen atoms in total. The summed E-state index contributed by atoms with van der Waals surface area (Å²) in [7, 11) is -3.65. The fourth-order valence-electron chi connectivity index (χ4n) is 5.15. The lowest BCUT2D eigenvalue weighted by molar-refractivity contribution is -0.0273. The lowest BCUT2D eigenvalue weighted by Crippen LogP contribution is -2.36. The first-order chi connectivity index (χ1) is 15.5. The zero-order chi connectivity index (χ0) is 22.2. The summed E-state index contributed by atoms with van der Waals surface area (Å²) >= 11 is 0. The smallest absolute Gasteiger partial charge is 0.240 e. The van der Waals surface area contributed by atoms with E-state index in [4.69, 9.17) is 9.47 Å². The molecule has 2 aromatic rings. The van der Waals surface area contributed by atoms with Gasteiger partial charge in [0.2, 0.25) is 16.1 Å². The molecule has 0 radical (unpaired) electrons. The molecule has 0 N–H and O–H groups in total. The highest BCUT2D eigenvalue weighted by Crippen LogP contribution is 2.40. The maximum absolute atomic E-state index is 14.2. The SMILES string of the molecule is CC1(S(=O)(=O)c2cc3cccnc3n2C2CCCCC2)C=C(CCC2OC=CO2)C=CC1. The Balaban J connectivity index is 1.51. The van der Waals surface area contributed by atoms with E-state index in [0.717, 1.165) is 42.3 Å². The monoisotopic (exact) mass is 454 g/mol. The number of aromatic nitrogens is 2. The van der Waals surface area contributed by atoms with Crippen LogP contribution in [0.2, 0.25) is 0 Å². The summed E-state index contributed by atoms with van der Waals surface area (Å²) < 4.78 is 40.1. The van der Waals surface area contributed by atoms with Crippen molar-refractivity contribution >= 4 is 20.9 Å². The minimum Gasteiger partial charge on any atom is -0.459 e. The van der Waals surface area contributed by atoms with Crippen molar-refractivity contribution < 1.29 is 17.9 Å². The summed E-state index contributed by atoms with van der Waals surface area (Å²) in [5.74, 6) is 0. The van der Waals surface area contributed by atoms with Crippen molar-refractivity contribution in [2.45, 2.75) is 80.4 Å². The maximum atomic E-state index is 14.2. The van der Waals surface area contributed by atoms with E-state index in [2.05, 4.69) is 4.98 Å². The van der Waals surface area contributed by atoms with Gasteiger partial charge in [-0.25, -0.2) is 13.4 Å². The highest BCUT2D eigenvalue weighted by Gasteiger charge is 2.42. The van der Waals surface area contributed by atoms with Gasteiger partial charge >= 0.3 is 0 Å². The average Bonchev–Trinajstić information content (AvgIpc) is 3.46. The van der Waals surface area contributed by atoms with Gasteiger partial charge in [-0.2, -0.15) is 0 Å². The number of nitrogens with zero attached hydrogens (tertiary/aromatic N) is 2. The molecule has 0 spiro atoms. The van der Waals surface area contributed by atoms with E-state index in [1.54, 1.807) is 18.7 Å². The Morgan fingerprint density at radius 2 is 1.97 bits per heavy atom. The van der Waals surface area contributed by atoms with Gasteiger partial charge in [0.1, 0.15) is 23.2 Å². The first-order valence-corrected chi connectivity index (χ1v) is 13.0. The molecule has 0 aromatic carbocycles. The molecule has 7 heteroatoms. The molecule has 3 heterocycles. The van der Waals surface area contributed by atoms with Crippen molar-refractivity contribution in [3.05, 3.63) is 60.7 Å². The first-order valence-electron chi connectivity index (χ1n) is 11.5. The van der Waals surface area contributed by atoms with Crippen LogP contribution < -0.4 is 0 Å². The molecule has 2 aliphatic carbocycles. The van der Waals surface area contributed by atoms with Crippen LogP contribution in [0, 0.1) is 0 Å². The Kier molecular flexibility index (Phi) is 5.61. The molecular formula is C25H30N2O4S. The molecule has 1 saturated carbocycles. The fourth-order valence-corrected chi connectivity index (χ4v) is 7.02. The van der Waals surface area contributed by atoms with Crippen molar-refractivity contribution in [3.8, 4) is 0 Å². The molecule has 0 amide bonds. The molecule has 3 aliphatic rings. The minimum absolute atomic E-state index is 0.177. The predicted octanol–water partition coefficient (Wildman–Crippen LogP) is 5.58. The van der Waals surface area contributed by atoms with Crippen LogP contribution in [0.3, 0.4) is 0 Å². The van der Waals surface area contributed by atoms with Crippen LogP contribution in [0.25, 0.3) is 11.0 Å². The van der Waals surface area contributed by atoms with E-state index in [1.165, 1.54) is 6.42 Å². The lowest BCUT2D eigenvalue weighted by Gasteiger charge is -2.31. The Morgan fingerprint density at radius 1 is 1.19 bits per heavy atom. The fraction of sp³-hybridized carbons (Fsp3) is 0.480. The van der Waals surface area contributed by atoms with E-state index in [-0.39, 0.29) is 12.3 Å². The molecule has 0 bridgehead atoms. The molecule has 2 aromatic heterocycles. The van der Waals surface area contributed by atoms with Crippen LogP contribution in [0.1, 0.15) is 64.3 Å². The molecule has 0 saturated heterocycles. The maximum Gasteiger partial charge on any atom is 0.240 e. The third kappa shape index (κ3) is 3.76. The molecular weight excluding hydrogens is 424 g/mol. The molecule has 1 unspecified atom stereocenters. The van der Waals surface area contributed by atoms with Crippen molar-refractivity contribution in [3.63, 3.8) is 0 Å². The highest BCUT2D eigenvalue weighted by atomic mass is 32.2. The quantitative estimate of drug-likeness (QED) is 0.569. The normalized spacial score (nSPS) is 24.5. The van der Waals surface area contributed by atoms with Crippen molar-refractivity contribution in [1.82, 2.24) is 9.55 Å². The third-order valence-corrected chi connectivity index (χ3v) is 9.30. The van der Waals surface area contributed by atoms with Gasteiger partial charge in [-0.05, 0) is 50.8 Å². The second-order valence-electron chi connectivity index (χ2n) is 9.22. The van der Waals surface area contributed by atoms with Gasteiger partial charge in [0.15, 0.2) is 0 Å². The summed E-state index contributed by atoms with van der Waals surface area (Å²) in [6.45, 7) is 1.84. The van der Waals surface area contributed by atoms with E-state index in [1.807, 2.05) is 47.9 Å². The number of hydrogen-bond acceptors (Lipinski definition) is 5. The van der Waals surface area contributed by atoms with Gasteiger partial charge in [0.25, 0.3) is 0 Å². The second kappa shape index (κ2) is 8.43. The molecule has 1 aliphatic heterocycles. The number of hydrogen-bond donors (Lipinski definition) is 0. The first kappa shape index (κ1) is 21.3. The molecule has 32 heavy (non-hydrogen) atoms. The van der Waals surface area contributed by atoms with Crippen LogP contribution in [0.4, 0.5) is 0 Å². The van der Waals surface area contributed by atoms with E-state index >= 15 is 0 Å². The summed E-state index contributed by atoms with van der Waals surface area (Å²) in [6.07, 6.45) is 17.8. The summed E-state index contributed by atoms with van der Waals surface area (Å²) in [4.78, 5) is 4.58. The summed E-state index contributed by atoms with van der Waals surface area (Å²) in [5, 5.41) is 1.29. The average molecular weight is 455 g/mol. The van der Waals surface area contributed by atoms with Gasteiger partial charge in [0, 0.05) is 24.0 Å². The van der Waals surface area contributed by atoms with Gasteiger partial charge < -0.3 is 14.0 Å². The lowest BCUT2D eigenvalue weighted by atomic mass is 9.94. The second-order valence-corrected chi connectivity index (χ2v) is 11.6. The Hall–Kier alpha value is -2.54. The number of ether oxygens (including phenoxy) is 2. The third-order valence-electron chi connectivity index (χ3n) is 6.92. The number of pyridine rings is 1. The molecule has 5 rings (SSSR count). The Bertz CT molecular complexity index is 1180. The number of rotatable bonds is 6. The molecule has 1 atom stereocenters. The van der Waals surface area contributed by atoms with E-state index in [9.17, 15) is 8.42 Å². The Labute approximate surface area is 189 Å². The van der Waals surface area contributed by atoms with Crippen LogP contribution in [0.15, 0.2) is 65.7 Å². The molecule has 170 valence electrons. The number of allylic oxidation sites excluding steroid dienone is 3. The summed E-state index contributed by atoms with van der Waals surface area (Å²) in [5.41, 5.74) is 1.78. The van der Waals surface area contributed by atoms with Crippen LogP contribution in [-0.4, -0.2) is 29.0 Å². The zero-order valence-electron chi connectivity index (χ0n) is 18.4. The van der Waals surface area contributed by atoms with Crippen LogP contribution >= 0.6 is 0 Å². The predicted molar refractivity (Wildman–Crippen MR) is 124 cm³/mol. The highest BCUT2D eigenvalue weighted by molar-refractivity contribution is 7.93.